The lowest BCUT2D eigenvalue weighted by Crippen LogP contribution is -2.01. The Morgan fingerprint density at radius 1 is 1.08 bits per heavy atom. The Bertz CT molecular complexity index is 926. The molecule has 4 heteroatoms. The number of rotatable bonds is 3. The van der Waals surface area contributed by atoms with Crippen LogP contribution in [0.3, 0.4) is 0 Å². The Hall–Kier alpha value is -2.72. The second-order valence-corrected chi connectivity index (χ2v) is 6.20. The van der Waals surface area contributed by atoms with Crippen LogP contribution in [0.15, 0.2) is 54.6 Å². The van der Waals surface area contributed by atoms with Crippen LogP contribution in [0.1, 0.15) is 23.2 Å². The second-order valence-electron chi connectivity index (χ2n) is 6.20. The summed E-state index contributed by atoms with van der Waals surface area (Å²) in [5.41, 5.74) is 6.39. The predicted molar refractivity (Wildman–Crippen MR) is 97.1 cm³/mol. The Morgan fingerprint density at radius 2 is 1.88 bits per heavy atom. The summed E-state index contributed by atoms with van der Waals surface area (Å²) in [6.07, 6.45) is 6.64. The Morgan fingerprint density at radius 3 is 2.68 bits per heavy atom. The van der Waals surface area contributed by atoms with Crippen molar-refractivity contribution < 1.29 is 9.50 Å². The topological polar surface area (TPSA) is 38.1 Å². The van der Waals surface area contributed by atoms with Gasteiger partial charge in [0.15, 0.2) is 0 Å². The molecule has 0 aliphatic heterocycles. The van der Waals surface area contributed by atoms with Gasteiger partial charge in [-0.1, -0.05) is 30.3 Å². The highest BCUT2D eigenvalue weighted by molar-refractivity contribution is 5.73. The molecule has 1 aromatic heterocycles. The van der Waals surface area contributed by atoms with E-state index in [0.717, 1.165) is 41.9 Å². The van der Waals surface area contributed by atoms with Crippen molar-refractivity contribution in [2.24, 2.45) is 0 Å². The number of hydrogen-bond donors (Lipinski definition) is 1. The lowest BCUT2D eigenvalue weighted by atomic mass is 10.0. The molecular formula is C21H19FN2O. The van der Waals surface area contributed by atoms with E-state index < -0.39 is 0 Å². The van der Waals surface area contributed by atoms with Gasteiger partial charge in [0.05, 0.1) is 23.7 Å². The number of aliphatic hydroxyl groups is 1. The Kier molecular flexibility index (Phi) is 4.20. The van der Waals surface area contributed by atoms with Gasteiger partial charge >= 0.3 is 0 Å². The van der Waals surface area contributed by atoms with E-state index >= 15 is 0 Å². The van der Waals surface area contributed by atoms with E-state index in [2.05, 4.69) is 18.2 Å². The summed E-state index contributed by atoms with van der Waals surface area (Å²) in [5.74, 6) is -0.268. The minimum Gasteiger partial charge on any atom is -0.392 e. The maximum absolute atomic E-state index is 13.3. The van der Waals surface area contributed by atoms with Crippen molar-refractivity contribution in [3.8, 4) is 16.9 Å². The number of halogens is 1. The third-order valence-corrected chi connectivity index (χ3v) is 4.62. The first-order chi connectivity index (χ1) is 12.3. The molecule has 4 rings (SSSR count). The summed E-state index contributed by atoms with van der Waals surface area (Å²) in [7, 11) is 0. The molecule has 1 aliphatic rings. The van der Waals surface area contributed by atoms with Crippen LogP contribution in [-0.2, 0) is 12.8 Å². The van der Waals surface area contributed by atoms with Gasteiger partial charge in [0.25, 0.3) is 0 Å². The fourth-order valence-electron chi connectivity index (χ4n) is 3.47. The first kappa shape index (κ1) is 15.8. The number of benzene rings is 2. The molecule has 3 nitrogen and oxygen atoms in total. The van der Waals surface area contributed by atoms with Gasteiger partial charge in [-0.3, -0.25) is 0 Å². The minimum atomic E-state index is -0.268. The number of nitrogens with zero attached hydrogens (tertiary/aromatic N) is 2. The molecule has 0 saturated carbocycles. The van der Waals surface area contributed by atoms with Crippen molar-refractivity contribution in [1.82, 2.24) is 9.78 Å². The largest absolute Gasteiger partial charge is 0.392 e. The molecule has 0 spiro atoms. The van der Waals surface area contributed by atoms with Crippen LogP contribution in [0.2, 0.25) is 0 Å². The molecule has 2 aromatic carbocycles. The summed E-state index contributed by atoms with van der Waals surface area (Å²) in [4.78, 5) is 0. The highest BCUT2D eigenvalue weighted by Gasteiger charge is 2.22. The molecule has 25 heavy (non-hydrogen) atoms. The summed E-state index contributed by atoms with van der Waals surface area (Å²) in [5, 5.41) is 14.1. The van der Waals surface area contributed by atoms with Crippen LogP contribution in [0.4, 0.5) is 4.39 Å². The van der Waals surface area contributed by atoms with E-state index in [1.54, 1.807) is 18.2 Å². The Labute approximate surface area is 146 Å². The molecule has 0 saturated heterocycles. The van der Waals surface area contributed by atoms with Crippen LogP contribution >= 0.6 is 0 Å². The zero-order valence-electron chi connectivity index (χ0n) is 13.8. The van der Waals surface area contributed by atoms with E-state index in [1.807, 2.05) is 16.8 Å². The van der Waals surface area contributed by atoms with E-state index in [0.29, 0.717) is 0 Å². The van der Waals surface area contributed by atoms with Crippen molar-refractivity contribution in [2.45, 2.75) is 19.3 Å². The van der Waals surface area contributed by atoms with Gasteiger partial charge in [0, 0.05) is 11.1 Å². The van der Waals surface area contributed by atoms with Crippen LogP contribution < -0.4 is 0 Å². The van der Waals surface area contributed by atoms with Gasteiger partial charge in [-0.25, -0.2) is 9.07 Å². The average Bonchev–Trinajstić information content (AvgIpc) is 2.89. The lowest BCUT2D eigenvalue weighted by Gasteiger charge is -2.07. The zero-order valence-corrected chi connectivity index (χ0v) is 13.8. The SMILES string of the molecule is OC/C=C/c1c2c(nn1-c1ccc(F)cc1)-c1ccccc1CCC2. The van der Waals surface area contributed by atoms with Crippen molar-refractivity contribution in [2.75, 3.05) is 6.61 Å². The molecule has 3 aromatic rings. The third-order valence-electron chi connectivity index (χ3n) is 4.62. The van der Waals surface area contributed by atoms with Gasteiger partial charge in [0.1, 0.15) is 5.82 Å². The normalized spacial score (nSPS) is 13.5. The van der Waals surface area contributed by atoms with Crippen molar-refractivity contribution in [1.29, 1.82) is 0 Å². The maximum atomic E-state index is 13.3. The summed E-state index contributed by atoms with van der Waals surface area (Å²) >= 11 is 0. The second kappa shape index (κ2) is 6.65. The molecule has 1 N–H and O–H groups in total. The van der Waals surface area contributed by atoms with Crippen molar-refractivity contribution in [3.63, 3.8) is 0 Å². The molecule has 0 amide bonds. The first-order valence-corrected chi connectivity index (χ1v) is 8.51. The molecule has 0 unspecified atom stereocenters. The maximum Gasteiger partial charge on any atom is 0.123 e. The van der Waals surface area contributed by atoms with Gasteiger partial charge in [-0.2, -0.15) is 5.10 Å². The molecule has 0 fully saturated rings. The smallest absolute Gasteiger partial charge is 0.123 e. The average molecular weight is 334 g/mol. The molecule has 126 valence electrons. The number of aryl methyl sites for hydroxylation is 1. The van der Waals surface area contributed by atoms with Crippen LogP contribution in [0.5, 0.6) is 0 Å². The fourth-order valence-corrected chi connectivity index (χ4v) is 3.47. The van der Waals surface area contributed by atoms with Crippen molar-refractivity contribution >= 4 is 6.08 Å². The summed E-state index contributed by atoms with van der Waals surface area (Å²) in [6, 6.07) is 14.7. The molecular weight excluding hydrogens is 315 g/mol. The summed E-state index contributed by atoms with van der Waals surface area (Å²) < 4.78 is 15.2. The van der Waals surface area contributed by atoms with Gasteiger partial charge in [-0.15, -0.1) is 0 Å². The van der Waals surface area contributed by atoms with Gasteiger partial charge in [-0.05, 0) is 55.2 Å². The highest BCUT2D eigenvalue weighted by Crippen LogP contribution is 2.35. The van der Waals surface area contributed by atoms with E-state index in [-0.39, 0.29) is 12.4 Å². The quantitative estimate of drug-likeness (QED) is 0.780. The fraction of sp³-hybridized carbons (Fsp3) is 0.190. The van der Waals surface area contributed by atoms with Crippen molar-refractivity contribution in [3.05, 3.63) is 77.2 Å². The molecule has 0 bridgehead atoms. The van der Waals surface area contributed by atoms with Gasteiger partial charge < -0.3 is 5.11 Å². The van der Waals surface area contributed by atoms with Gasteiger partial charge in [0.2, 0.25) is 0 Å². The third kappa shape index (κ3) is 2.89. The number of aromatic nitrogens is 2. The molecule has 1 aliphatic carbocycles. The Balaban J connectivity index is 1.95. The molecule has 0 atom stereocenters. The predicted octanol–water partition coefficient (Wildman–Crippen LogP) is 4.17. The molecule has 0 radical (unpaired) electrons. The number of hydrogen-bond acceptors (Lipinski definition) is 2. The summed E-state index contributed by atoms with van der Waals surface area (Å²) in [6.45, 7) is -0.0278. The van der Waals surface area contributed by atoms with E-state index in [9.17, 15) is 9.50 Å². The zero-order chi connectivity index (χ0) is 17.2. The lowest BCUT2D eigenvalue weighted by molar-refractivity contribution is 0.343. The monoisotopic (exact) mass is 334 g/mol. The number of fused-ring (bicyclic) bond motifs is 3. The number of aliphatic hydroxyl groups excluding tert-OH is 1. The first-order valence-electron chi connectivity index (χ1n) is 8.51. The molecule has 1 heterocycles. The standard InChI is InChI=1S/C21H19FN2O/c22-16-10-12-17(13-11-16)24-20(9-4-14-25)19-8-3-6-15-5-1-2-7-18(15)21(19)23-24/h1-2,4-5,7,9-13,25H,3,6,8,14H2/b9-4+. The van der Waals surface area contributed by atoms with Crippen LogP contribution in [0.25, 0.3) is 23.0 Å². The van der Waals surface area contributed by atoms with E-state index in [4.69, 9.17) is 5.10 Å². The van der Waals surface area contributed by atoms with Crippen LogP contribution in [-0.4, -0.2) is 21.5 Å². The minimum absolute atomic E-state index is 0.0278. The highest BCUT2D eigenvalue weighted by atomic mass is 19.1. The van der Waals surface area contributed by atoms with E-state index in [1.165, 1.54) is 23.3 Å². The van der Waals surface area contributed by atoms with Crippen LogP contribution in [0, 0.1) is 5.82 Å².